The second-order valence-electron chi connectivity index (χ2n) is 4.81. The van der Waals surface area contributed by atoms with E-state index in [4.69, 9.17) is 4.74 Å². The molecule has 0 aliphatic carbocycles. The largest absolute Gasteiger partial charge is 0.459 e. The van der Waals surface area contributed by atoms with Gasteiger partial charge in [-0.05, 0) is 18.4 Å². The van der Waals surface area contributed by atoms with Crippen molar-refractivity contribution in [1.82, 2.24) is 4.90 Å². The van der Waals surface area contributed by atoms with Gasteiger partial charge in [0.25, 0.3) is 5.91 Å². The molecule has 106 valence electrons. The maximum Gasteiger partial charge on any atom is 0.329 e. The summed E-state index contributed by atoms with van der Waals surface area (Å²) in [4.78, 5) is 36.2. The Morgan fingerprint density at radius 3 is 2.60 bits per heavy atom. The number of benzene rings is 1. The van der Waals surface area contributed by atoms with E-state index in [2.05, 4.69) is 0 Å². The number of amides is 1. The maximum absolute atomic E-state index is 12.0. The predicted molar refractivity (Wildman–Crippen MR) is 71.7 cm³/mol. The molecule has 1 heterocycles. The molecule has 1 aliphatic rings. The molecule has 0 radical (unpaired) electrons. The lowest BCUT2D eigenvalue weighted by atomic mass is 10.2. The summed E-state index contributed by atoms with van der Waals surface area (Å²) in [6.07, 6.45) is 1.26. The van der Waals surface area contributed by atoms with Gasteiger partial charge in [-0.25, -0.2) is 4.79 Å². The summed E-state index contributed by atoms with van der Waals surface area (Å²) in [7, 11) is 0. The number of hydrogen-bond donors (Lipinski definition) is 0. The van der Waals surface area contributed by atoms with E-state index in [0.29, 0.717) is 19.4 Å². The highest BCUT2D eigenvalue weighted by Gasteiger charge is 2.36. The molecular formula is C15H17NO4. The van der Waals surface area contributed by atoms with Gasteiger partial charge in [-0.3, -0.25) is 9.59 Å². The quantitative estimate of drug-likeness (QED) is 0.614. The van der Waals surface area contributed by atoms with Crippen LogP contribution in [0.5, 0.6) is 0 Å². The fraction of sp³-hybridized carbons (Fsp3) is 0.400. The fourth-order valence-corrected chi connectivity index (χ4v) is 2.28. The molecule has 5 nitrogen and oxygen atoms in total. The van der Waals surface area contributed by atoms with Crippen LogP contribution in [0.2, 0.25) is 0 Å². The molecule has 1 aliphatic heterocycles. The molecule has 1 aromatic rings. The van der Waals surface area contributed by atoms with Crippen LogP contribution in [0.4, 0.5) is 0 Å². The summed E-state index contributed by atoms with van der Waals surface area (Å²) in [6.45, 7) is 1.83. The molecule has 0 unspecified atom stereocenters. The van der Waals surface area contributed by atoms with Gasteiger partial charge in [-0.1, -0.05) is 30.3 Å². The second-order valence-corrected chi connectivity index (χ2v) is 4.81. The number of esters is 1. The van der Waals surface area contributed by atoms with E-state index in [9.17, 15) is 14.4 Å². The van der Waals surface area contributed by atoms with Crippen LogP contribution in [-0.2, 0) is 25.7 Å². The van der Waals surface area contributed by atoms with Crippen LogP contribution in [0.15, 0.2) is 30.3 Å². The van der Waals surface area contributed by atoms with E-state index >= 15 is 0 Å². The molecule has 20 heavy (non-hydrogen) atoms. The Balaban J connectivity index is 1.94. The molecular weight excluding hydrogens is 258 g/mol. The lowest BCUT2D eigenvalue weighted by Crippen LogP contribution is -2.43. The van der Waals surface area contributed by atoms with Crippen LogP contribution >= 0.6 is 0 Å². The van der Waals surface area contributed by atoms with Crippen molar-refractivity contribution in [3.63, 3.8) is 0 Å². The molecule has 1 atom stereocenters. The first-order chi connectivity index (χ1) is 9.59. The molecule has 2 rings (SSSR count). The second kappa shape index (κ2) is 6.32. The van der Waals surface area contributed by atoms with Crippen LogP contribution in [0, 0.1) is 0 Å². The van der Waals surface area contributed by atoms with E-state index in [0.717, 1.165) is 5.56 Å². The van der Waals surface area contributed by atoms with Crippen molar-refractivity contribution in [3.05, 3.63) is 35.9 Å². The van der Waals surface area contributed by atoms with E-state index < -0.39 is 23.7 Å². The third-order valence-electron chi connectivity index (χ3n) is 3.31. The fourth-order valence-electron chi connectivity index (χ4n) is 2.28. The van der Waals surface area contributed by atoms with Crippen molar-refractivity contribution in [1.29, 1.82) is 0 Å². The Hall–Kier alpha value is -2.17. The zero-order chi connectivity index (χ0) is 14.5. The van der Waals surface area contributed by atoms with Crippen LogP contribution in [0.3, 0.4) is 0 Å². The lowest BCUT2D eigenvalue weighted by molar-refractivity contribution is -0.156. The molecule has 0 N–H and O–H groups in total. The van der Waals surface area contributed by atoms with Crippen molar-refractivity contribution < 1.29 is 19.1 Å². The van der Waals surface area contributed by atoms with Crippen LogP contribution in [0.25, 0.3) is 0 Å². The van der Waals surface area contributed by atoms with Crippen molar-refractivity contribution >= 4 is 17.7 Å². The average molecular weight is 275 g/mol. The van der Waals surface area contributed by atoms with Crippen molar-refractivity contribution in [3.8, 4) is 0 Å². The normalized spacial score (nSPS) is 17.9. The van der Waals surface area contributed by atoms with Gasteiger partial charge in [0.1, 0.15) is 12.6 Å². The average Bonchev–Trinajstić information content (AvgIpc) is 2.94. The number of carbonyl (C=O) groups excluding carboxylic acids is 3. The number of likely N-dealkylation sites (tertiary alicyclic amines) is 1. The van der Waals surface area contributed by atoms with Crippen molar-refractivity contribution in [2.45, 2.75) is 32.4 Å². The molecule has 0 spiro atoms. The summed E-state index contributed by atoms with van der Waals surface area (Å²) in [5.74, 6) is -1.60. The van der Waals surface area contributed by atoms with E-state index in [-0.39, 0.29) is 6.61 Å². The predicted octanol–water partition coefficient (Wildman–Crippen LogP) is 1.31. The van der Waals surface area contributed by atoms with Crippen LogP contribution < -0.4 is 0 Å². The molecule has 1 saturated heterocycles. The van der Waals surface area contributed by atoms with E-state index in [1.54, 1.807) is 0 Å². The van der Waals surface area contributed by atoms with Gasteiger partial charge in [0.15, 0.2) is 0 Å². The standard InChI is InChI=1S/C15H17NO4/c1-11(17)14(18)16-9-5-8-13(16)15(19)20-10-12-6-3-2-4-7-12/h2-4,6-7,13H,5,8-10H2,1H3/t13-/m1/s1. The highest BCUT2D eigenvalue weighted by Crippen LogP contribution is 2.19. The SMILES string of the molecule is CC(=O)C(=O)N1CCC[C@@H]1C(=O)OCc1ccccc1. The summed E-state index contributed by atoms with van der Waals surface area (Å²) in [5.41, 5.74) is 0.892. The molecule has 0 saturated carbocycles. The van der Waals surface area contributed by atoms with Gasteiger partial charge >= 0.3 is 5.97 Å². The first-order valence-electron chi connectivity index (χ1n) is 6.61. The molecule has 1 amide bonds. The number of rotatable bonds is 4. The van der Waals surface area contributed by atoms with Crippen molar-refractivity contribution in [2.75, 3.05) is 6.54 Å². The monoisotopic (exact) mass is 275 g/mol. The van der Waals surface area contributed by atoms with E-state index in [1.807, 2.05) is 30.3 Å². The van der Waals surface area contributed by atoms with Gasteiger partial charge in [-0.15, -0.1) is 0 Å². The first-order valence-corrected chi connectivity index (χ1v) is 6.61. The third-order valence-corrected chi connectivity index (χ3v) is 3.31. The highest BCUT2D eigenvalue weighted by atomic mass is 16.5. The Bertz CT molecular complexity index is 512. The number of hydrogen-bond acceptors (Lipinski definition) is 4. The smallest absolute Gasteiger partial charge is 0.329 e. The topological polar surface area (TPSA) is 63.7 Å². The first kappa shape index (κ1) is 14.2. The maximum atomic E-state index is 12.0. The molecule has 1 fully saturated rings. The number of Topliss-reactive ketones (excluding diaryl/α,β-unsaturated/α-hetero) is 1. The van der Waals surface area contributed by atoms with Crippen LogP contribution in [0.1, 0.15) is 25.3 Å². The van der Waals surface area contributed by atoms with Gasteiger partial charge in [-0.2, -0.15) is 0 Å². The number of nitrogens with zero attached hydrogens (tertiary/aromatic N) is 1. The van der Waals surface area contributed by atoms with Gasteiger partial charge < -0.3 is 9.64 Å². The Kier molecular flexibility index (Phi) is 4.50. The summed E-state index contributed by atoms with van der Waals surface area (Å²) < 4.78 is 5.23. The lowest BCUT2D eigenvalue weighted by Gasteiger charge is -2.21. The molecule has 0 bridgehead atoms. The van der Waals surface area contributed by atoms with E-state index in [1.165, 1.54) is 11.8 Å². The zero-order valence-electron chi connectivity index (χ0n) is 11.4. The van der Waals surface area contributed by atoms with Gasteiger partial charge in [0.05, 0.1) is 0 Å². The van der Waals surface area contributed by atoms with Crippen LogP contribution in [-0.4, -0.2) is 35.1 Å². The summed E-state index contributed by atoms with van der Waals surface area (Å²) in [6, 6.07) is 8.71. The summed E-state index contributed by atoms with van der Waals surface area (Å²) >= 11 is 0. The molecule has 1 aromatic carbocycles. The minimum absolute atomic E-state index is 0.179. The molecule has 5 heteroatoms. The zero-order valence-corrected chi connectivity index (χ0v) is 11.4. The highest BCUT2D eigenvalue weighted by molar-refractivity contribution is 6.35. The number of carbonyl (C=O) groups is 3. The summed E-state index contributed by atoms with van der Waals surface area (Å²) in [5, 5.41) is 0. The Morgan fingerprint density at radius 1 is 1.25 bits per heavy atom. The van der Waals surface area contributed by atoms with Gasteiger partial charge in [0, 0.05) is 13.5 Å². The number of ketones is 1. The Morgan fingerprint density at radius 2 is 1.95 bits per heavy atom. The van der Waals surface area contributed by atoms with Gasteiger partial charge in [0.2, 0.25) is 5.78 Å². The minimum Gasteiger partial charge on any atom is -0.459 e. The van der Waals surface area contributed by atoms with Crippen molar-refractivity contribution in [2.24, 2.45) is 0 Å². The number of ether oxygens (including phenoxy) is 1. The minimum atomic E-state index is -0.630. The molecule has 0 aromatic heterocycles. The third kappa shape index (κ3) is 3.23. The Labute approximate surface area is 117 Å².